The second-order valence-corrected chi connectivity index (χ2v) is 8.36. The van der Waals surface area contributed by atoms with Crippen LogP contribution in [0.15, 0.2) is 47.1 Å². The predicted octanol–water partition coefficient (Wildman–Crippen LogP) is 2.97. The summed E-state index contributed by atoms with van der Waals surface area (Å²) in [4.78, 5) is 22.7. The second kappa shape index (κ2) is 7.75. The van der Waals surface area contributed by atoms with E-state index in [0.29, 0.717) is 13.0 Å². The molecule has 0 saturated carbocycles. The van der Waals surface area contributed by atoms with Gasteiger partial charge in [-0.05, 0) is 26.3 Å². The maximum Gasteiger partial charge on any atom is 0.267 e. The van der Waals surface area contributed by atoms with Gasteiger partial charge in [0.05, 0.1) is 23.0 Å². The SMILES string of the molecule is Cc1nc(-c2cn(C(C)CNC(=O)C3(C)CC(c4ccccc4)=NO3)nn2)cs1. The fraction of sp³-hybridized carbons (Fsp3) is 0.350. The summed E-state index contributed by atoms with van der Waals surface area (Å²) >= 11 is 1.57. The normalized spacial score (nSPS) is 19.5. The molecule has 4 rings (SSSR count). The summed E-state index contributed by atoms with van der Waals surface area (Å²) in [6.07, 6.45) is 2.27. The van der Waals surface area contributed by atoms with Crippen molar-refractivity contribution in [2.75, 3.05) is 6.54 Å². The molecule has 8 nitrogen and oxygen atoms in total. The molecule has 2 atom stereocenters. The Labute approximate surface area is 172 Å². The van der Waals surface area contributed by atoms with E-state index < -0.39 is 5.60 Å². The maximum absolute atomic E-state index is 12.7. The minimum atomic E-state index is -1.02. The molecule has 1 aromatic carbocycles. The Kier molecular flexibility index (Phi) is 5.14. The van der Waals surface area contributed by atoms with Crippen LogP contribution in [0.3, 0.4) is 0 Å². The molecule has 1 amide bonds. The van der Waals surface area contributed by atoms with E-state index >= 15 is 0 Å². The molecule has 2 aromatic heterocycles. The molecule has 1 aliphatic heterocycles. The van der Waals surface area contributed by atoms with Gasteiger partial charge in [-0.25, -0.2) is 9.67 Å². The largest absolute Gasteiger partial charge is 0.379 e. The van der Waals surface area contributed by atoms with Gasteiger partial charge in [-0.3, -0.25) is 4.79 Å². The summed E-state index contributed by atoms with van der Waals surface area (Å²) in [7, 11) is 0. The number of benzene rings is 1. The third kappa shape index (κ3) is 4.04. The lowest BCUT2D eigenvalue weighted by molar-refractivity contribution is -0.141. The van der Waals surface area contributed by atoms with Crippen molar-refractivity contribution in [1.29, 1.82) is 0 Å². The van der Waals surface area contributed by atoms with Gasteiger partial charge in [-0.2, -0.15) is 0 Å². The Bertz CT molecular complexity index is 1040. The molecule has 3 heterocycles. The summed E-state index contributed by atoms with van der Waals surface area (Å²) in [5.41, 5.74) is 2.25. The number of thiazole rings is 1. The van der Waals surface area contributed by atoms with Crippen LogP contribution in [0, 0.1) is 6.92 Å². The van der Waals surface area contributed by atoms with E-state index in [4.69, 9.17) is 4.84 Å². The average Bonchev–Trinajstić information content (AvgIpc) is 3.46. The fourth-order valence-corrected chi connectivity index (χ4v) is 3.67. The summed E-state index contributed by atoms with van der Waals surface area (Å²) in [6.45, 7) is 6.08. The van der Waals surface area contributed by atoms with Gasteiger partial charge in [-0.15, -0.1) is 16.4 Å². The van der Waals surface area contributed by atoms with E-state index in [1.165, 1.54) is 0 Å². The zero-order valence-corrected chi connectivity index (χ0v) is 17.3. The lowest BCUT2D eigenvalue weighted by Crippen LogP contribution is -2.46. The topological polar surface area (TPSA) is 94.3 Å². The smallest absolute Gasteiger partial charge is 0.267 e. The third-order valence-corrected chi connectivity index (χ3v) is 5.62. The fourth-order valence-electron chi connectivity index (χ4n) is 3.06. The number of rotatable bonds is 6. The highest BCUT2D eigenvalue weighted by Crippen LogP contribution is 2.27. The number of nitrogens with one attached hydrogen (secondary N) is 1. The van der Waals surface area contributed by atoms with Gasteiger partial charge < -0.3 is 10.2 Å². The first-order valence-corrected chi connectivity index (χ1v) is 10.3. The van der Waals surface area contributed by atoms with Crippen LogP contribution in [0.25, 0.3) is 11.4 Å². The van der Waals surface area contributed by atoms with Crippen LogP contribution < -0.4 is 5.32 Å². The Hall–Kier alpha value is -3.07. The molecule has 1 N–H and O–H groups in total. The second-order valence-electron chi connectivity index (χ2n) is 7.30. The van der Waals surface area contributed by atoms with Gasteiger partial charge in [0.15, 0.2) is 0 Å². The highest BCUT2D eigenvalue weighted by atomic mass is 32.1. The molecule has 150 valence electrons. The zero-order chi connectivity index (χ0) is 20.4. The van der Waals surface area contributed by atoms with E-state index in [-0.39, 0.29) is 11.9 Å². The summed E-state index contributed by atoms with van der Waals surface area (Å²) < 4.78 is 1.73. The minimum absolute atomic E-state index is 0.0700. The number of hydrogen-bond acceptors (Lipinski definition) is 7. The molecule has 0 aliphatic carbocycles. The van der Waals surface area contributed by atoms with Crippen molar-refractivity contribution in [1.82, 2.24) is 25.3 Å². The number of carbonyl (C=O) groups is 1. The van der Waals surface area contributed by atoms with Crippen LogP contribution in [0.4, 0.5) is 0 Å². The van der Waals surface area contributed by atoms with Crippen molar-refractivity contribution in [2.24, 2.45) is 5.16 Å². The molecule has 2 unspecified atom stereocenters. The lowest BCUT2D eigenvalue weighted by Gasteiger charge is -2.21. The van der Waals surface area contributed by atoms with Crippen LogP contribution in [0.2, 0.25) is 0 Å². The predicted molar refractivity (Wildman–Crippen MR) is 111 cm³/mol. The Morgan fingerprint density at radius 2 is 2.14 bits per heavy atom. The Morgan fingerprint density at radius 3 is 2.86 bits per heavy atom. The molecular formula is C20H22N6O2S. The van der Waals surface area contributed by atoms with Gasteiger partial charge in [0.2, 0.25) is 5.60 Å². The number of aromatic nitrogens is 4. The average molecular weight is 411 g/mol. The Morgan fingerprint density at radius 1 is 1.34 bits per heavy atom. The number of hydrogen-bond donors (Lipinski definition) is 1. The van der Waals surface area contributed by atoms with Crippen molar-refractivity contribution in [2.45, 2.75) is 38.8 Å². The van der Waals surface area contributed by atoms with Gasteiger partial charge in [-0.1, -0.05) is 40.7 Å². The number of carbonyl (C=O) groups excluding carboxylic acids is 1. The minimum Gasteiger partial charge on any atom is -0.379 e. The number of nitrogens with zero attached hydrogens (tertiary/aromatic N) is 5. The van der Waals surface area contributed by atoms with E-state index in [2.05, 4.69) is 25.8 Å². The first-order chi connectivity index (χ1) is 13.9. The van der Waals surface area contributed by atoms with Gasteiger partial charge in [0.25, 0.3) is 5.91 Å². The molecule has 1 aliphatic rings. The summed E-state index contributed by atoms with van der Waals surface area (Å²) in [5.74, 6) is -0.200. The maximum atomic E-state index is 12.7. The number of amides is 1. The van der Waals surface area contributed by atoms with Gasteiger partial charge >= 0.3 is 0 Å². The van der Waals surface area contributed by atoms with E-state index in [1.807, 2.05) is 55.8 Å². The first kappa shape index (κ1) is 19.3. The van der Waals surface area contributed by atoms with E-state index in [9.17, 15) is 4.79 Å². The van der Waals surface area contributed by atoms with Crippen molar-refractivity contribution in [3.63, 3.8) is 0 Å². The van der Waals surface area contributed by atoms with Crippen molar-refractivity contribution < 1.29 is 9.63 Å². The van der Waals surface area contributed by atoms with E-state index in [0.717, 1.165) is 27.7 Å². The number of oxime groups is 1. The van der Waals surface area contributed by atoms with Crippen LogP contribution in [-0.4, -0.2) is 43.7 Å². The van der Waals surface area contributed by atoms with Gasteiger partial charge in [0, 0.05) is 18.3 Å². The monoisotopic (exact) mass is 410 g/mol. The van der Waals surface area contributed by atoms with Crippen LogP contribution in [0.5, 0.6) is 0 Å². The molecule has 9 heteroatoms. The summed E-state index contributed by atoms with van der Waals surface area (Å²) in [6, 6.07) is 9.67. The number of aryl methyl sites for hydroxylation is 1. The Balaban J connectivity index is 1.34. The third-order valence-electron chi connectivity index (χ3n) is 4.85. The quantitative estimate of drug-likeness (QED) is 0.674. The molecule has 0 saturated heterocycles. The van der Waals surface area contributed by atoms with Crippen LogP contribution >= 0.6 is 11.3 Å². The van der Waals surface area contributed by atoms with Crippen molar-refractivity contribution >= 4 is 23.0 Å². The molecule has 29 heavy (non-hydrogen) atoms. The standard InChI is InChI=1S/C20H22N6O2S/c1-13(26-11-17(23-25-26)18-12-29-14(2)22-18)10-21-19(27)20(3)9-16(24-28-20)15-7-5-4-6-8-15/h4-8,11-13H,9-10H2,1-3H3,(H,21,27). The molecule has 3 aromatic rings. The molecule has 0 fully saturated rings. The lowest BCUT2D eigenvalue weighted by atomic mass is 9.95. The van der Waals surface area contributed by atoms with Crippen LogP contribution in [-0.2, 0) is 9.63 Å². The molecule has 0 bridgehead atoms. The molecule has 0 radical (unpaired) electrons. The zero-order valence-electron chi connectivity index (χ0n) is 16.5. The van der Waals surface area contributed by atoms with Crippen LogP contribution in [0.1, 0.15) is 36.9 Å². The van der Waals surface area contributed by atoms with Crippen molar-refractivity contribution in [3.8, 4) is 11.4 Å². The highest BCUT2D eigenvalue weighted by molar-refractivity contribution is 7.09. The molecule has 0 spiro atoms. The van der Waals surface area contributed by atoms with Gasteiger partial charge in [0.1, 0.15) is 11.4 Å². The summed E-state index contributed by atoms with van der Waals surface area (Å²) in [5, 5.41) is 18.4. The van der Waals surface area contributed by atoms with E-state index in [1.54, 1.807) is 22.9 Å². The molecular weight excluding hydrogens is 388 g/mol. The first-order valence-electron chi connectivity index (χ1n) is 9.38. The van der Waals surface area contributed by atoms with Crippen molar-refractivity contribution in [3.05, 3.63) is 52.5 Å². The highest BCUT2D eigenvalue weighted by Gasteiger charge is 2.42.